The van der Waals surface area contributed by atoms with Crippen LogP contribution in [0.4, 0.5) is 0 Å². The van der Waals surface area contributed by atoms with Crippen molar-refractivity contribution in [3.05, 3.63) is 34.4 Å². The van der Waals surface area contributed by atoms with Gasteiger partial charge in [0.05, 0.1) is 13.0 Å². The Morgan fingerprint density at radius 2 is 2.04 bits per heavy atom. The van der Waals surface area contributed by atoms with Crippen molar-refractivity contribution in [3.8, 4) is 0 Å². The molecular formula is C20H25NO4. The van der Waals surface area contributed by atoms with Crippen LogP contribution in [-0.4, -0.2) is 44.7 Å². The second-order valence-electron chi connectivity index (χ2n) is 7.14. The Morgan fingerprint density at radius 3 is 2.84 bits per heavy atom. The van der Waals surface area contributed by atoms with Gasteiger partial charge in [0.1, 0.15) is 6.10 Å². The van der Waals surface area contributed by atoms with Crippen LogP contribution in [0.3, 0.4) is 0 Å². The third-order valence-electron chi connectivity index (χ3n) is 5.45. The van der Waals surface area contributed by atoms with Crippen LogP contribution in [0, 0.1) is 5.92 Å². The molecule has 0 radical (unpaired) electrons. The van der Waals surface area contributed by atoms with Gasteiger partial charge in [-0.1, -0.05) is 6.07 Å². The molecule has 134 valence electrons. The van der Waals surface area contributed by atoms with Gasteiger partial charge in [-0.3, -0.25) is 9.79 Å². The minimum atomic E-state index is -0.136. The Morgan fingerprint density at radius 1 is 1.20 bits per heavy atom. The summed E-state index contributed by atoms with van der Waals surface area (Å²) in [5.74, 6) is 0.365. The van der Waals surface area contributed by atoms with Crippen LogP contribution in [0.5, 0.6) is 0 Å². The number of cyclic esters (lactones) is 1. The average Bonchev–Trinajstić information content (AvgIpc) is 2.95. The van der Waals surface area contributed by atoms with Gasteiger partial charge in [-0.25, -0.2) is 0 Å². The fourth-order valence-corrected chi connectivity index (χ4v) is 4.12. The summed E-state index contributed by atoms with van der Waals surface area (Å²) in [4.78, 5) is 17.0. The predicted octanol–water partition coefficient (Wildman–Crippen LogP) is 2.46. The number of nitrogens with zero attached hydrogens (tertiary/aromatic N) is 1. The summed E-state index contributed by atoms with van der Waals surface area (Å²) in [7, 11) is 1.68. The first-order chi connectivity index (χ1) is 12.2. The molecule has 3 aliphatic heterocycles. The Balaban J connectivity index is 1.61. The normalized spacial score (nSPS) is 23.5. The summed E-state index contributed by atoms with van der Waals surface area (Å²) >= 11 is 0. The number of hydrogen-bond acceptors (Lipinski definition) is 5. The van der Waals surface area contributed by atoms with Crippen LogP contribution in [0.1, 0.15) is 41.5 Å². The number of ether oxygens (including phenoxy) is 3. The van der Waals surface area contributed by atoms with E-state index in [0.29, 0.717) is 18.9 Å². The highest BCUT2D eigenvalue weighted by molar-refractivity contribution is 6.05. The lowest BCUT2D eigenvalue weighted by molar-refractivity contribution is -0.148. The number of benzene rings is 1. The summed E-state index contributed by atoms with van der Waals surface area (Å²) < 4.78 is 16.3. The van der Waals surface area contributed by atoms with Crippen LogP contribution in [-0.2, 0) is 38.4 Å². The minimum Gasteiger partial charge on any atom is -0.462 e. The molecule has 0 bridgehead atoms. The fourth-order valence-electron chi connectivity index (χ4n) is 4.12. The Kier molecular flexibility index (Phi) is 4.86. The van der Waals surface area contributed by atoms with Gasteiger partial charge in [0.2, 0.25) is 0 Å². The Labute approximate surface area is 148 Å². The van der Waals surface area contributed by atoms with Crippen molar-refractivity contribution in [1.29, 1.82) is 0 Å². The molecule has 0 aliphatic carbocycles. The quantitative estimate of drug-likeness (QED) is 0.788. The third-order valence-corrected chi connectivity index (χ3v) is 5.45. The molecule has 1 aromatic carbocycles. The van der Waals surface area contributed by atoms with Gasteiger partial charge in [-0.15, -0.1) is 0 Å². The van der Waals surface area contributed by atoms with E-state index in [1.54, 1.807) is 7.11 Å². The van der Waals surface area contributed by atoms with Crippen LogP contribution in [0.25, 0.3) is 0 Å². The monoisotopic (exact) mass is 343 g/mol. The molecule has 5 nitrogen and oxygen atoms in total. The predicted molar refractivity (Wildman–Crippen MR) is 94.0 cm³/mol. The van der Waals surface area contributed by atoms with E-state index in [1.165, 1.54) is 22.4 Å². The zero-order chi connectivity index (χ0) is 17.2. The van der Waals surface area contributed by atoms with Gasteiger partial charge in [0.15, 0.2) is 0 Å². The molecule has 1 saturated heterocycles. The molecule has 25 heavy (non-hydrogen) atoms. The first-order valence-electron chi connectivity index (χ1n) is 9.20. The molecule has 4 rings (SSSR count). The van der Waals surface area contributed by atoms with Crippen molar-refractivity contribution in [2.24, 2.45) is 10.9 Å². The van der Waals surface area contributed by atoms with Crippen molar-refractivity contribution in [2.45, 2.75) is 44.8 Å². The SMILES string of the molecule is COCCC1Cc2cc3c(cc2CC(=O)O1)CN=C3C1CCOCC1. The second-order valence-corrected chi connectivity index (χ2v) is 7.14. The number of carbonyl (C=O) groups is 1. The van der Waals surface area contributed by atoms with Gasteiger partial charge in [-0.05, 0) is 35.6 Å². The van der Waals surface area contributed by atoms with Gasteiger partial charge >= 0.3 is 5.97 Å². The summed E-state index contributed by atoms with van der Waals surface area (Å²) in [6, 6.07) is 4.45. The van der Waals surface area contributed by atoms with Crippen molar-refractivity contribution < 1.29 is 19.0 Å². The molecule has 3 heterocycles. The van der Waals surface area contributed by atoms with Crippen LogP contribution < -0.4 is 0 Å². The molecular weight excluding hydrogens is 318 g/mol. The van der Waals surface area contributed by atoms with E-state index in [0.717, 1.165) is 51.0 Å². The number of esters is 1. The second kappa shape index (κ2) is 7.26. The van der Waals surface area contributed by atoms with Gasteiger partial charge in [0.25, 0.3) is 0 Å². The van der Waals surface area contributed by atoms with E-state index in [9.17, 15) is 4.79 Å². The maximum absolute atomic E-state index is 12.1. The summed E-state index contributed by atoms with van der Waals surface area (Å²) in [5, 5.41) is 0. The number of aliphatic imine (C=N–C) groups is 1. The summed E-state index contributed by atoms with van der Waals surface area (Å²) in [5.41, 5.74) is 6.11. The van der Waals surface area contributed by atoms with Crippen molar-refractivity contribution in [3.63, 3.8) is 0 Å². The molecule has 0 amide bonds. The zero-order valence-electron chi connectivity index (χ0n) is 14.8. The molecule has 1 aromatic rings. The maximum atomic E-state index is 12.1. The molecule has 0 saturated carbocycles. The standard InChI is InChI=1S/C20H25NO4/c1-23-5-4-17-9-15-10-18-16(8-14(15)11-19(22)25-17)12-21-20(18)13-2-6-24-7-3-13/h8,10,13,17H,2-7,9,11-12H2,1H3. The largest absolute Gasteiger partial charge is 0.462 e. The van der Waals surface area contributed by atoms with Crippen LogP contribution >= 0.6 is 0 Å². The molecule has 0 aromatic heterocycles. The molecule has 5 heteroatoms. The number of carbonyl (C=O) groups excluding carboxylic acids is 1. The van der Waals surface area contributed by atoms with Gasteiger partial charge < -0.3 is 14.2 Å². The van der Waals surface area contributed by atoms with E-state index < -0.39 is 0 Å². The minimum absolute atomic E-state index is 0.100. The molecule has 1 unspecified atom stereocenters. The van der Waals surface area contributed by atoms with Crippen molar-refractivity contribution >= 4 is 11.7 Å². The topological polar surface area (TPSA) is 57.1 Å². The maximum Gasteiger partial charge on any atom is 0.310 e. The number of methoxy groups -OCH3 is 1. The molecule has 0 spiro atoms. The van der Waals surface area contributed by atoms with E-state index in [-0.39, 0.29) is 12.1 Å². The molecule has 3 aliphatic rings. The molecule has 1 fully saturated rings. The molecule has 1 atom stereocenters. The number of hydrogen-bond donors (Lipinski definition) is 0. The first kappa shape index (κ1) is 16.7. The lowest BCUT2D eigenvalue weighted by atomic mass is 9.86. The summed E-state index contributed by atoms with van der Waals surface area (Å²) in [6.07, 6.45) is 3.86. The Hall–Kier alpha value is -1.72. The number of fused-ring (bicyclic) bond motifs is 2. The van der Waals surface area contributed by atoms with E-state index in [2.05, 4.69) is 12.1 Å². The first-order valence-corrected chi connectivity index (χ1v) is 9.20. The van der Waals surface area contributed by atoms with Gasteiger partial charge in [0, 0.05) is 57.0 Å². The highest BCUT2D eigenvalue weighted by Gasteiger charge is 2.29. The average molecular weight is 343 g/mol. The summed E-state index contributed by atoms with van der Waals surface area (Å²) in [6.45, 7) is 2.99. The lowest BCUT2D eigenvalue weighted by Crippen LogP contribution is -2.23. The highest BCUT2D eigenvalue weighted by atomic mass is 16.5. The van der Waals surface area contributed by atoms with E-state index in [1.807, 2.05) is 0 Å². The van der Waals surface area contributed by atoms with E-state index in [4.69, 9.17) is 19.2 Å². The lowest BCUT2D eigenvalue weighted by Gasteiger charge is -2.23. The van der Waals surface area contributed by atoms with Gasteiger partial charge in [-0.2, -0.15) is 0 Å². The highest BCUT2D eigenvalue weighted by Crippen LogP contribution is 2.32. The Bertz CT molecular complexity index is 691. The third kappa shape index (κ3) is 3.48. The number of rotatable bonds is 4. The smallest absolute Gasteiger partial charge is 0.310 e. The van der Waals surface area contributed by atoms with Crippen molar-refractivity contribution in [1.82, 2.24) is 0 Å². The zero-order valence-corrected chi connectivity index (χ0v) is 14.8. The molecule has 0 N–H and O–H groups in total. The van der Waals surface area contributed by atoms with Crippen molar-refractivity contribution in [2.75, 3.05) is 26.9 Å². The van der Waals surface area contributed by atoms with Crippen LogP contribution in [0.2, 0.25) is 0 Å². The van der Waals surface area contributed by atoms with E-state index >= 15 is 0 Å². The van der Waals surface area contributed by atoms with Crippen LogP contribution in [0.15, 0.2) is 17.1 Å². The fraction of sp³-hybridized carbons (Fsp3) is 0.600.